The van der Waals surface area contributed by atoms with Crippen LogP contribution in [0.2, 0.25) is 0 Å². The van der Waals surface area contributed by atoms with Crippen LogP contribution in [0.3, 0.4) is 0 Å². The predicted molar refractivity (Wildman–Crippen MR) is 130 cm³/mol. The van der Waals surface area contributed by atoms with E-state index in [0.717, 1.165) is 5.56 Å². The third-order valence-corrected chi connectivity index (χ3v) is 5.11. The fraction of sp³-hybridized carbons (Fsp3) is 0.0714. The van der Waals surface area contributed by atoms with Gasteiger partial charge in [0.1, 0.15) is 5.75 Å². The molecule has 0 spiro atoms. The Balaban J connectivity index is 1.31. The van der Waals surface area contributed by atoms with Crippen molar-refractivity contribution in [1.29, 1.82) is 0 Å². The molecule has 1 aromatic heterocycles. The summed E-state index contributed by atoms with van der Waals surface area (Å²) in [7, 11) is 0. The maximum Gasteiger partial charge on any atom is 0.379 e. The summed E-state index contributed by atoms with van der Waals surface area (Å²) < 4.78 is 15.3. The normalized spacial score (nSPS) is 10.4. The van der Waals surface area contributed by atoms with Gasteiger partial charge in [-0.15, -0.1) is 0 Å². The Morgan fingerprint density at radius 2 is 1.50 bits per heavy atom. The highest BCUT2D eigenvalue weighted by atomic mass is 16.5. The molecule has 0 fully saturated rings. The van der Waals surface area contributed by atoms with E-state index in [1.54, 1.807) is 30.3 Å². The quantitative estimate of drug-likeness (QED) is 0.211. The first-order chi connectivity index (χ1) is 17.4. The zero-order valence-corrected chi connectivity index (χ0v) is 19.2. The lowest BCUT2D eigenvalue weighted by Gasteiger charge is -2.08. The van der Waals surface area contributed by atoms with Crippen molar-refractivity contribution in [3.05, 3.63) is 119 Å². The second-order valence-electron chi connectivity index (χ2n) is 7.79. The smallest absolute Gasteiger partial charge is 0.379 e. The second-order valence-corrected chi connectivity index (χ2v) is 7.79. The van der Waals surface area contributed by atoms with Crippen LogP contribution in [0.15, 0.2) is 95.6 Å². The van der Waals surface area contributed by atoms with Gasteiger partial charge in [0.25, 0.3) is 5.91 Å². The van der Waals surface area contributed by atoms with Gasteiger partial charge in [-0.05, 0) is 73.7 Å². The summed E-state index contributed by atoms with van der Waals surface area (Å²) in [6.45, 7) is 1.45. The number of ether oxygens (including phenoxy) is 2. The van der Waals surface area contributed by atoms with Crippen LogP contribution >= 0.6 is 0 Å². The Kier molecular flexibility index (Phi) is 7.36. The third kappa shape index (κ3) is 6.12. The maximum atomic E-state index is 12.5. The zero-order valence-electron chi connectivity index (χ0n) is 19.2. The van der Waals surface area contributed by atoms with Gasteiger partial charge in [-0.1, -0.05) is 23.8 Å². The molecule has 1 amide bonds. The molecule has 1 heterocycles. The molecule has 1 N–H and O–H groups in total. The van der Waals surface area contributed by atoms with Crippen molar-refractivity contribution in [2.24, 2.45) is 0 Å². The van der Waals surface area contributed by atoms with Gasteiger partial charge in [-0.2, -0.15) is 0 Å². The highest BCUT2D eigenvalue weighted by Crippen LogP contribution is 2.17. The largest absolute Gasteiger partial charge is 0.457 e. The number of nitrogens with one attached hydrogen (secondary N) is 1. The standard InChI is InChI=1S/C28H21NO7/c1-18-7-9-20(10-8-18)26(31)29-22-5-2-4-21(16-22)27(32)35-17-24(30)19-11-13-23(14-12-19)36-28(33)25-6-3-15-34-25/h2-16H,17H2,1H3,(H,29,31). The minimum atomic E-state index is -0.709. The molecule has 36 heavy (non-hydrogen) atoms. The number of benzene rings is 3. The van der Waals surface area contributed by atoms with Crippen molar-refractivity contribution < 1.29 is 33.1 Å². The number of Topliss-reactive ketones (excluding diaryl/α,β-unsaturated/α-hetero) is 1. The first-order valence-electron chi connectivity index (χ1n) is 10.9. The summed E-state index contributed by atoms with van der Waals surface area (Å²) in [4.78, 5) is 49.2. The molecule has 4 aromatic rings. The first-order valence-corrected chi connectivity index (χ1v) is 10.9. The van der Waals surface area contributed by atoms with Crippen molar-refractivity contribution in [2.45, 2.75) is 6.92 Å². The third-order valence-electron chi connectivity index (χ3n) is 5.11. The van der Waals surface area contributed by atoms with Crippen LogP contribution in [-0.4, -0.2) is 30.2 Å². The summed E-state index contributed by atoms with van der Waals surface area (Å²) in [5.41, 5.74) is 2.40. The van der Waals surface area contributed by atoms with Crippen LogP contribution in [0.5, 0.6) is 5.75 Å². The molecule has 0 atom stereocenters. The van der Waals surface area contributed by atoms with Crippen LogP contribution in [0.25, 0.3) is 0 Å². The number of carbonyl (C=O) groups is 4. The summed E-state index contributed by atoms with van der Waals surface area (Å²) in [5, 5.41) is 2.74. The molecule has 0 bridgehead atoms. The molecule has 3 aromatic carbocycles. The lowest BCUT2D eigenvalue weighted by atomic mass is 10.1. The van der Waals surface area contributed by atoms with E-state index in [-0.39, 0.29) is 28.5 Å². The average Bonchev–Trinajstić information content (AvgIpc) is 3.43. The number of carbonyl (C=O) groups excluding carboxylic acids is 4. The molecule has 0 aliphatic carbocycles. The van der Waals surface area contributed by atoms with E-state index < -0.39 is 24.3 Å². The van der Waals surface area contributed by atoms with Gasteiger partial charge in [0.2, 0.25) is 5.76 Å². The van der Waals surface area contributed by atoms with Crippen molar-refractivity contribution in [3.8, 4) is 5.75 Å². The van der Waals surface area contributed by atoms with Crippen LogP contribution < -0.4 is 10.1 Å². The van der Waals surface area contributed by atoms with E-state index in [1.807, 2.05) is 19.1 Å². The molecular formula is C28H21NO7. The van der Waals surface area contributed by atoms with E-state index >= 15 is 0 Å². The number of rotatable bonds is 8. The lowest BCUT2D eigenvalue weighted by molar-refractivity contribution is 0.0474. The molecule has 0 saturated carbocycles. The minimum absolute atomic E-state index is 0.0563. The molecule has 8 heteroatoms. The SMILES string of the molecule is Cc1ccc(C(=O)Nc2cccc(C(=O)OCC(=O)c3ccc(OC(=O)c4ccco4)cc3)c2)cc1. The van der Waals surface area contributed by atoms with Gasteiger partial charge in [0, 0.05) is 16.8 Å². The number of ketones is 1. The van der Waals surface area contributed by atoms with Crippen LogP contribution in [-0.2, 0) is 4.74 Å². The number of hydrogen-bond donors (Lipinski definition) is 1. The molecule has 0 saturated heterocycles. The average molecular weight is 483 g/mol. The van der Waals surface area contributed by atoms with Gasteiger partial charge in [-0.3, -0.25) is 9.59 Å². The molecule has 8 nitrogen and oxygen atoms in total. The lowest BCUT2D eigenvalue weighted by Crippen LogP contribution is -2.15. The predicted octanol–water partition coefficient (Wildman–Crippen LogP) is 5.10. The number of esters is 2. The Morgan fingerprint density at radius 3 is 2.19 bits per heavy atom. The van der Waals surface area contributed by atoms with Crippen LogP contribution in [0.1, 0.15) is 47.2 Å². The van der Waals surface area contributed by atoms with Crippen LogP contribution in [0.4, 0.5) is 5.69 Å². The van der Waals surface area contributed by atoms with Gasteiger partial charge in [-0.25, -0.2) is 9.59 Å². The van der Waals surface area contributed by atoms with E-state index in [9.17, 15) is 19.2 Å². The summed E-state index contributed by atoms with van der Waals surface area (Å²) in [6.07, 6.45) is 1.36. The first kappa shape index (κ1) is 24.2. The van der Waals surface area contributed by atoms with Crippen molar-refractivity contribution in [1.82, 2.24) is 0 Å². The highest BCUT2D eigenvalue weighted by molar-refractivity contribution is 6.05. The molecule has 0 aliphatic heterocycles. The molecule has 180 valence electrons. The Hall–Kier alpha value is -4.98. The zero-order chi connectivity index (χ0) is 25.5. The van der Waals surface area contributed by atoms with E-state index in [1.165, 1.54) is 48.7 Å². The fourth-order valence-corrected chi connectivity index (χ4v) is 3.19. The van der Waals surface area contributed by atoms with Gasteiger partial charge < -0.3 is 19.2 Å². The Morgan fingerprint density at radius 1 is 0.778 bits per heavy atom. The summed E-state index contributed by atoms with van der Waals surface area (Å²) >= 11 is 0. The topological polar surface area (TPSA) is 112 Å². The molecular weight excluding hydrogens is 462 g/mol. The maximum absolute atomic E-state index is 12.5. The number of hydrogen-bond acceptors (Lipinski definition) is 7. The van der Waals surface area contributed by atoms with Crippen molar-refractivity contribution in [2.75, 3.05) is 11.9 Å². The number of furan rings is 1. The monoisotopic (exact) mass is 483 g/mol. The van der Waals surface area contributed by atoms with Crippen molar-refractivity contribution >= 4 is 29.3 Å². The number of amides is 1. The Labute approximate surface area is 206 Å². The molecule has 0 radical (unpaired) electrons. The molecule has 0 unspecified atom stereocenters. The van der Waals surface area contributed by atoms with Crippen molar-refractivity contribution in [3.63, 3.8) is 0 Å². The van der Waals surface area contributed by atoms with Crippen LogP contribution in [0, 0.1) is 6.92 Å². The van der Waals surface area contributed by atoms with E-state index in [4.69, 9.17) is 13.9 Å². The minimum Gasteiger partial charge on any atom is -0.457 e. The summed E-state index contributed by atoms with van der Waals surface area (Å²) in [5.74, 6) is -1.83. The van der Waals surface area contributed by atoms with Gasteiger partial charge in [0.05, 0.1) is 11.8 Å². The van der Waals surface area contributed by atoms with E-state index in [0.29, 0.717) is 11.3 Å². The Bertz CT molecular complexity index is 1390. The molecule has 4 rings (SSSR count). The van der Waals surface area contributed by atoms with Gasteiger partial charge in [0.15, 0.2) is 12.4 Å². The highest BCUT2D eigenvalue weighted by Gasteiger charge is 2.15. The number of anilines is 1. The second kappa shape index (κ2) is 11.0. The fourth-order valence-electron chi connectivity index (χ4n) is 3.19. The van der Waals surface area contributed by atoms with Gasteiger partial charge >= 0.3 is 11.9 Å². The van der Waals surface area contributed by atoms with E-state index in [2.05, 4.69) is 5.32 Å². The number of aryl methyl sites for hydroxylation is 1. The molecule has 0 aliphatic rings. The summed E-state index contributed by atoms with van der Waals surface area (Å²) in [6, 6.07) is 22.2.